The molecule has 110 valence electrons. The Morgan fingerprint density at radius 3 is 2.47 bits per heavy atom. The molecule has 19 heavy (non-hydrogen) atoms. The van der Waals surface area contributed by atoms with Gasteiger partial charge in [0, 0.05) is 25.0 Å². The van der Waals surface area contributed by atoms with E-state index in [0.717, 1.165) is 19.5 Å². The molecule has 1 aliphatic rings. The van der Waals surface area contributed by atoms with E-state index in [4.69, 9.17) is 5.11 Å². The number of hydrogen-bond acceptors (Lipinski definition) is 2. The van der Waals surface area contributed by atoms with Crippen LogP contribution >= 0.6 is 0 Å². The lowest BCUT2D eigenvalue weighted by atomic mass is 9.89. The second kappa shape index (κ2) is 6.26. The van der Waals surface area contributed by atoms with Crippen molar-refractivity contribution in [3.8, 4) is 0 Å². The Morgan fingerprint density at radius 1 is 1.32 bits per heavy atom. The molecule has 1 rings (SSSR count). The third-order valence-corrected chi connectivity index (χ3v) is 4.03. The van der Waals surface area contributed by atoms with Crippen molar-refractivity contribution in [3.63, 3.8) is 0 Å². The molecule has 0 aromatic carbocycles. The Hall–Kier alpha value is -1.26. The Labute approximate surface area is 115 Å². The minimum Gasteiger partial charge on any atom is -0.481 e. The molecule has 2 amide bonds. The van der Waals surface area contributed by atoms with Crippen LogP contribution in [0, 0.1) is 11.8 Å². The smallest absolute Gasteiger partial charge is 0.317 e. The van der Waals surface area contributed by atoms with E-state index in [1.807, 2.05) is 18.7 Å². The van der Waals surface area contributed by atoms with E-state index < -0.39 is 11.5 Å². The molecule has 1 aliphatic heterocycles. The van der Waals surface area contributed by atoms with Crippen molar-refractivity contribution in [2.45, 2.75) is 52.5 Å². The molecule has 2 atom stereocenters. The summed E-state index contributed by atoms with van der Waals surface area (Å²) in [6, 6.07) is -0.0749. The number of amides is 2. The van der Waals surface area contributed by atoms with Gasteiger partial charge in [0.2, 0.25) is 0 Å². The first-order valence-corrected chi connectivity index (χ1v) is 7.00. The fraction of sp³-hybridized carbons (Fsp3) is 0.857. The summed E-state index contributed by atoms with van der Waals surface area (Å²) in [7, 11) is 0. The van der Waals surface area contributed by atoms with Gasteiger partial charge in [-0.3, -0.25) is 4.79 Å². The van der Waals surface area contributed by atoms with Crippen LogP contribution in [0.4, 0.5) is 4.79 Å². The highest BCUT2D eigenvalue weighted by atomic mass is 16.4. The quantitative estimate of drug-likeness (QED) is 0.823. The molecule has 0 saturated carbocycles. The Bertz CT molecular complexity index is 342. The largest absolute Gasteiger partial charge is 0.481 e. The lowest BCUT2D eigenvalue weighted by Gasteiger charge is -2.37. The van der Waals surface area contributed by atoms with E-state index in [1.54, 1.807) is 0 Å². The van der Waals surface area contributed by atoms with Crippen molar-refractivity contribution in [2.24, 2.45) is 11.8 Å². The third-order valence-electron chi connectivity index (χ3n) is 4.03. The van der Waals surface area contributed by atoms with Gasteiger partial charge in [-0.05, 0) is 38.5 Å². The van der Waals surface area contributed by atoms with Gasteiger partial charge in [0.1, 0.15) is 0 Å². The monoisotopic (exact) mass is 270 g/mol. The summed E-state index contributed by atoms with van der Waals surface area (Å²) >= 11 is 0. The number of hydrogen-bond donors (Lipinski definition) is 2. The number of nitrogens with one attached hydrogen (secondary N) is 1. The number of urea groups is 1. The highest BCUT2D eigenvalue weighted by Crippen LogP contribution is 2.23. The fourth-order valence-corrected chi connectivity index (χ4v) is 2.30. The lowest BCUT2D eigenvalue weighted by molar-refractivity contribution is -0.137. The van der Waals surface area contributed by atoms with E-state index in [0.29, 0.717) is 18.3 Å². The van der Waals surface area contributed by atoms with E-state index in [1.165, 1.54) is 0 Å². The second-order valence-electron chi connectivity index (χ2n) is 6.40. The fourth-order valence-electron chi connectivity index (χ4n) is 2.30. The third kappa shape index (κ3) is 5.09. The van der Waals surface area contributed by atoms with Crippen LogP contribution in [0.25, 0.3) is 0 Å². The van der Waals surface area contributed by atoms with Crippen molar-refractivity contribution < 1.29 is 14.7 Å². The maximum Gasteiger partial charge on any atom is 0.317 e. The molecular formula is C14H26N2O3. The predicted molar refractivity (Wildman–Crippen MR) is 74.0 cm³/mol. The molecule has 0 aromatic heterocycles. The lowest BCUT2D eigenvalue weighted by Crippen LogP contribution is -2.53. The van der Waals surface area contributed by atoms with Crippen LogP contribution in [-0.2, 0) is 4.79 Å². The summed E-state index contributed by atoms with van der Waals surface area (Å²) in [4.78, 5) is 24.6. The number of likely N-dealkylation sites (tertiary alicyclic amines) is 1. The highest BCUT2D eigenvalue weighted by Gasteiger charge is 2.29. The first-order chi connectivity index (χ1) is 8.71. The molecule has 1 fully saturated rings. The molecule has 1 heterocycles. The molecule has 1 saturated heterocycles. The number of aliphatic carboxylic acids is 1. The van der Waals surface area contributed by atoms with Gasteiger partial charge < -0.3 is 15.3 Å². The number of carbonyl (C=O) groups excluding carboxylic acids is 1. The Kier molecular flexibility index (Phi) is 5.20. The molecule has 5 nitrogen and oxygen atoms in total. The summed E-state index contributed by atoms with van der Waals surface area (Å²) in [5.41, 5.74) is -0.484. The van der Waals surface area contributed by atoms with Gasteiger partial charge >= 0.3 is 12.0 Å². The number of nitrogens with zero attached hydrogens (tertiary/aromatic N) is 1. The molecular weight excluding hydrogens is 244 g/mol. The number of rotatable bonds is 4. The van der Waals surface area contributed by atoms with Crippen molar-refractivity contribution in [3.05, 3.63) is 0 Å². The zero-order valence-corrected chi connectivity index (χ0v) is 12.4. The SMILES string of the molecule is CC1CCN(C(=O)NC(C)(C)CCC(=O)O)CC1C. The minimum atomic E-state index is -0.831. The zero-order valence-electron chi connectivity index (χ0n) is 12.4. The van der Waals surface area contributed by atoms with E-state index >= 15 is 0 Å². The average molecular weight is 270 g/mol. The maximum absolute atomic E-state index is 12.2. The van der Waals surface area contributed by atoms with Crippen LogP contribution in [-0.4, -0.2) is 40.6 Å². The summed E-state index contributed by atoms with van der Waals surface area (Å²) in [5, 5.41) is 11.6. The molecule has 0 radical (unpaired) electrons. The summed E-state index contributed by atoms with van der Waals surface area (Å²) in [6.45, 7) is 9.68. The van der Waals surface area contributed by atoms with Crippen LogP contribution < -0.4 is 5.32 Å². The van der Waals surface area contributed by atoms with Gasteiger partial charge in [0.05, 0.1) is 0 Å². The number of carboxylic acids is 1. The topological polar surface area (TPSA) is 69.6 Å². The summed E-state index contributed by atoms with van der Waals surface area (Å²) in [6.07, 6.45) is 1.54. The van der Waals surface area contributed by atoms with Gasteiger partial charge in [-0.15, -0.1) is 0 Å². The summed E-state index contributed by atoms with van der Waals surface area (Å²) in [5.74, 6) is 0.341. The van der Waals surface area contributed by atoms with Crippen molar-refractivity contribution in [1.82, 2.24) is 10.2 Å². The molecule has 2 unspecified atom stereocenters. The molecule has 5 heteroatoms. The molecule has 0 aliphatic carbocycles. The van der Waals surface area contributed by atoms with Gasteiger partial charge in [-0.25, -0.2) is 4.79 Å². The molecule has 0 bridgehead atoms. The zero-order chi connectivity index (χ0) is 14.6. The first-order valence-electron chi connectivity index (χ1n) is 7.00. The normalized spacial score (nSPS) is 24.1. The van der Waals surface area contributed by atoms with Crippen LogP contribution in [0.15, 0.2) is 0 Å². The second-order valence-corrected chi connectivity index (χ2v) is 6.40. The van der Waals surface area contributed by atoms with Gasteiger partial charge in [0.25, 0.3) is 0 Å². The first kappa shape index (κ1) is 15.8. The standard InChI is InChI=1S/C14H26N2O3/c1-10-6-8-16(9-11(10)2)13(19)15-14(3,4)7-5-12(17)18/h10-11H,5-9H2,1-4H3,(H,15,19)(H,17,18). The van der Waals surface area contributed by atoms with Crippen LogP contribution in [0.5, 0.6) is 0 Å². The van der Waals surface area contributed by atoms with Gasteiger partial charge in [0.15, 0.2) is 0 Å². The van der Waals surface area contributed by atoms with Crippen LogP contribution in [0.2, 0.25) is 0 Å². The van der Waals surface area contributed by atoms with Gasteiger partial charge in [-0.1, -0.05) is 13.8 Å². The number of carboxylic acid groups (broad SMARTS) is 1. The number of carbonyl (C=O) groups is 2. The minimum absolute atomic E-state index is 0.0702. The van der Waals surface area contributed by atoms with E-state index in [9.17, 15) is 9.59 Å². The van der Waals surface area contributed by atoms with Crippen LogP contribution in [0.3, 0.4) is 0 Å². The number of piperidine rings is 1. The molecule has 2 N–H and O–H groups in total. The average Bonchev–Trinajstić information content (AvgIpc) is 2.29. The van der Waals surface area contributed by atoms with Crippen LogP contribution in [0.1, 0.15) is 47.0 Å². The molecule has 0 spiro atoms. The van der Waals surface area contributed by atoms with Crippen molar-refractivity contribution in [1.29, 1.82) is 0 Å². The van der Waals surface area contributed by atoms with E-state index in [2.05, 4.69) is 19.2 Å². The Morgan fingerprint density at radius 2 is 1.95 bits per heavy atom. The van der Waals surface area contributed by atoms with Crippen molar-refractivity contribution in [2.75, 3.05) is 13.1 Å². The van der Waals surface area contributed by atoms with Gasteiger partial charge in [-0.2, -0.15) is 0 Å². The predicted octanol–water partition coefficient (Wildman–Crippen LogP) is 2.32. The molecule has 0 aromatic rings. The Balaban J connectivity index is 2.47. The van der Waals surface area contributed by atoms with Crippen molar-refractivity contribution >= 4 is 12.0 Å². The maximum atomic E-state index is 12.2. The van der Waals surface area contributed by atoms with E-state index in [-0.39, 0.29) is 12.5 Å². The highest BCUT2D eigenvalue weighted by molar-refractivity contribution is 5.75. The summed E-state index contributed by atoms with van der Waals surface area (Å²) < 4.78 is 0.